The average Bonchev–Trinajstić information content (AvgIpc) is 2.39. The Hall–Kier alpha value is -1.68. The number of Topliss-reactive ketones (excluding diaryl/α,β-unsaturated/α-hetero) is 1. The molecule has 1 unspecified atom stereocenters. The molecule has 4 heteroatoms. The van der Waals surface area contributed by atoms with Crippen molar-refractivity contribution >= 4 is 17.5 Å². The van der Waals surface area contributed by atoms with Crippen LogP contribution in [0.15, 0.2) is 29.4 Å². The van der Waals surface area contributed by atoms with Crippen LogP contribution in [0.5, 0.6) is 0 Å². The molecule has 3 nitrogen and oxygen atoms in total. The second kappa shape index (κ2) is 6.39. The van der Waals surface area contributed by atoms with E-state index >= 15 is 0 Å². The van der Waals surface area contributed by atoms with Gasteiger partial charge in [-0.25, -0.2) is 9.97 Å². The number of carbonyl (C=O) groups is 1. The molecule has 0 N–H and O–H groups in total. The molecule has 1 aromatic carbocycles. The molecule has 0 aliphatic carbocycles. The first-order chi connectivity index (χ1) is 9.86. The molecule has 0 saturated carbocycles. The fourth-order valence-corrected chi connectivity index (χ4v) is 3.12. The van der Waals surface area contributed by atoms with Crippen molar-refractivity contribution in [2.24, 2.45) is 0 Å². The van der Waals surface area contributed by atoms with Crippen LogP contribution in [0.2, 0.25) is 0 Å². The van der Waals surface area contributed by atoms with Gasteiger partial charge in [0.2, 0.25) is 0 Å². The number of benzene rings is 1. The fourth-order valence-electron chi connectivity index (χ4n) is 2.18. The van der Waals surface area contributed by atoms with Gasteiger partial charge in [0.1, 0.15) is 0 Å². The number of hydrogen-bond acceptors (Lipinski definition) is 4. The van der Waals surface area contributed by atoms with Gasteiger partial charge in [0.15, 0.2) is 10.9 Å². The Bertz CT molecular complexity index is 662. The van der Waals surface area contributed by atoms with E-state index in [2.05, 4.69) is 9.97 Å². The molecule has 0 fully saturated rings. The van der Waals surface area contributed by atoms with Crippen LogP contribution >= 0.6 is 11.8 Å². The minimum Gasteiger partial charge on any atom is -0.293 e. The van der Waals surface area contributed by atoms with Crippen molar-refractivity contribution < 1.29 is 4.79 Å². The maximum Gasteiger partial charge on any atom is 0.188 e. The summed E-state index contributed by atoms with van der Waals surface area (Å²) in [5.74, 6) is 0.129. The Balaban J connectivity index is 2.21. The summed E-state index contributed by atoms with van der Waals surface area (Å²) in [5, 5.41) is 0.463. The minimum atomic E-state index is -0.202. The second-order valence-corrected chi connectivity index (χ2v) is 6.68. The number of hydrogen-bond donors (Lipinski definition) is 0. The van der Waals surface area contributed by atoms with Gasteiger partial charge in [0.05, 0.1) is 5.25 Å². The lowest BCUT2D eigenvalue weighted by Crippen LogP contribution is -2.15. The Morgan fingerprint density at radius 1 is 1.05 bits per heavy atom. The van der Waals surface area contributed by atoms with E-state index in [1.54, 1.807) is 0 Å². The molecule has 0 aliphatic rings. The lowest BCUT2D eigenvalue weighted by Gasteiger charge is -2.12. The van der Waals surface area contributed by atoms with Crippen molar-refractivity contribution in [2.75, 3.05) is 0 Å². The zero-order valence-corrected chi connectivity index (χ0v) is 13.9. The molecule has 1 heterocycles. The van der Waals surface area contributed by atoms with E-state index in [-0.39, 0.29) is 11.0 Å². The Morgan fingerprint density at radius 2 is 1.67 bits per heavy atom. The third kappa shape index (κ3) is 3.91. The number of carbonyl (C=O) groups excluding carboxylic acids is 1. The zero-order valence-electron chi connectivity index (χ0n) is 13.1. The van der Waals surface area contributed by atoms with Gasteiger partial charge >= 0.3 is 0 Å². The van der Waals surface area contributed by atoms with Crippen molar-refractivity contribution in [3.05, 3.63) is 52.3 Å². The van der Waals surface area contributed by atoms with Crippen molar-refractivity contribution in [1.82, 2.24) is 9.97 Å². The molecule has 21 heavy (non-hydrogen) atoms. The van der Waals surface area contributed by atoms with E-state index < -0.39 is 0 Å². The van der Waals surface area contributed by atoms with E-state index in [0.29, 0.717) is 5.16 Å². The van der Waals surface area contributed by atoms with E-state index in [9.17, 15) is 4.79 Å². The molecule has 0 aliphatic heterocycles. The first-order valence-corrected chi connectivity index (χ1v) is 7.85. The van der Waals surface area contributed by atoms with Gasteiger partial charge in [0.25, 0.3) is 0 Å². The van der Waals surface area contributed by atoms with Gasteiger partial charge < -0.3 is 0 Å². The summed E-state index contributed by atoms with van der Waals surface area (Å²) >= 11 is 1.42. The highest BCUT2D eigenvalue weighted by Gasteiger charge is 2.19. The van der Waals surface area contributed by atoms with Crippen molar-refractivity contribution in [2.45, 2.75) is 45.0 Å². The Labute approximate surface area is 130 Å². The van der Waals surface area contributed by atoms with Gasteiger partial charge in [-0.2, -0.15) is 0 Å². The normalized spacial score (nSPS) is 12.2. The first-order valence-electron chi connectivity index (χ1n) is 6.97. The van der Waals surface area contributed by atoms with Gasteiger partial charge in [-0.15, -0.1) is 0 Å². The number of nitrogens with zero attached hydrogens (tertiary/aromatic N) is 2. The predicted octanol–water partition coefficient (Wildman–Crippen LogP) is 4.07. The number of aromatic nitrogens is 2. The van der Waals surface area contributed by atoms with Gasteiger partial charge in [0, 0.05) is 17.0 Å². The third-order valence-corrected chi connectivity index (χ3v) is 4.23. The summed E-state index contributed by atoms with van der Waals surface area (Å²) in [7, 11) is 0. The highest BCUT2D eigenvalue weighted by Crippen LogP contribution is 2.24. The van der Waals surface area contributed by atoms with E-state index in [0.717, 1.165) is 28.1 Å². The summed E-state index contributed by atoms with van der Waals surface area (Å²) in [5.41, 5.74) is 4.76. The van der Waals surface area contributed by atoms with Crippen LogP contribution in [0, 0.1) is 27.7 Å². The highest BCUT2D eigenvalue weighted by molar-refractivity contribution is 8.00. The molecule has 1 atom stereocenters. The third-order valence-electron chi connectivity index (χ3n) is 3.27. The van der Waals surface area contributed by atoms with Gasteiger partial charge in [-0.3, -0.25) is 4.79 Å². The summed E-state index contributed by atoms with van der Waals surface area (Å²) in [6.45, 7) is 9.76. The second-order valence-electron chi connectivity index (χ2n) is 5.38. The first kappa shape index (κ1) is 15.7. The Morgan fingerprint density at radius 3 is 2.29 bits per heavy atom. The summed E-state index contributed by atoms with van der Waals surface area (Å²) < 4.78 is 0. The Kier molecular flexibility index (Phi) is 4.78. The van der Waals surface area contributed by atoms with Crippen LogP contribution in [-0.4, -0.2) is 21.0 Å². The van der Waals surface area contributed by atoms with Crippen molar-refractivity contribution in [3.8, 4) is 0 Å². The number of aryl methyl sites for hydroxylation is 4. The van der Waals surface area contributed by atoms with Crippen LogP contribution in [0.25, 0.3) is 0 Å². The molecule has 110 valence electrons. The maximum atomic E-state index is 12.6. The largest absolute Gasteiger partial charge is 0.293 e. The van der Waals surface area contributed by atoms with Crippen LogP contribution in [0.3, 0.4) is 0 Å². The molecular weight excluding hydrogens is 280 g/mol. The van der Waals surface area contributed by atoms with Crippen LogP contribution < -0.4 is 0 Å². The number of ketones is 1. The zero-order chi connectivity index (χ0) is 15.6. The molecule has 2 aromatic rings. The van der Waals surface area contributed by atoms with Crippen LogP contribution in [0.4, 0.5) is 0 Å². The summed E-state index contributed by atoms with van der Waals surface area (Å²) in [6, 6.07) is 7.91. The quantitative estimate of drug-likeness (QED) is 0.485. The van der Waals surface area contributed by atoms with Gasteiger partial charge in [-0.1, -0.05) is 29.5 Å². The highest BCUT2D eigenvalue weighted by atomic mass is 32.2. The average molecular weight is 300 g/mol. The molecule has 0 radical (unpaired) electrons. The monoisotopic (exact) mass is 300 g/mol. The van der Waals surface area contributed by atoms with E-state index in [4.69, 9.17) is 0 Å². The lowest BCUT2D eigenvalue weighted by atomic mass is 10.0. The molecule has 0 bridgehead atoms. The van der Waals surface area contributed by atoms with Gasteiger partial charge in [-0.05, 0) is 52.3 Å². The lowest BCUT2D eigenvalue weighted by molar-refractivity contribution is 0.0993. The van der Waals surface area contributed by atoms with Crippen molar-refractivity contribution in [3.63, 3.8) is 0 Å². The molecule has 0 saturated heterocycles. The van der Waals surface area contributed by atoms with Crippen LogP contribution in [-0.2, 0) is 0 Å². The predicted molar refractivity (Wildman–Crippen MR) is 87.1 cm³/mol. The molecule has 0 amide bonds. The topological polar surface area (TPSA) is 42.9 Å². The minimum absolute atomic E-state index is 0.129. The molecule has 1 aromatic heterocycles. The maximum absolute atomic E-state index is 12.6. The fraction of sp³-hybridized carbons (Fsp3) is 0.353. The summed E-state index contributed by atoms with van der Waals surface area (Å²) in [6.07, 6.45) is 0. The van der Waals surface area contributed by atoms with Crippen LogP contribution in [0.1, 0.15) is 39.8 Å². The van der Waals surface area contributed by atoms with E-state index in [1.807, 2.05) is 58.9 Å². The SMILES string of the molecule is Cc1ccc(C)c(C(=O)C(C)Sc2nc(C)cc(C)n2)c1. The molecular formula is C17H20N2OS. The standard InChI is InChI=1S/C17H20N2OS/c1-10-6-7-11(2)15(8-10)16(20)14(5)21-17-18-12(3)9-13(4)19-17/h6-9,14H,1-5H3. The molecule has 2 rings (SSSR count). The smallest absolute Gasteiger partial charge is 0.188 e. The van der Waals surface area contributed by atoms with E-state index in [1.165, 1.54) is 11.8 Å². The number of rotatable bonds is 4. The summed E-state index contributed by atoms with van der Waals surface area (Å²) in [4.78, 5) is 21.4. The van der Waals surface area contributed by atoms with Crippen molar-refractivity contribution in [1.29, 1.82) is 0 Å². The molecule has 0 spiro atoms. The number of thioether (sulfide) groups is 1.